The summed E-state index contributed by atoms with van der Waals surface area (Å²) >= 11 is 0. The van der Waals surface area contributed by atoms with Gasteiger partial charge in [-0.1, -0.05) is 39.0 Å². The maximum atomic E-state index is 11.8. The Hall–Kier alpha value is -1.36. The molecule has 0 aromatic heterocycles. The molecule has 4 nitrogen and oxygen atoms in total. The SMILES string of the molecule is CCc1cccc(CC)c1NC(=O)CS(=O)(=O)CC. The summed E-state index contributed by atoms with van der Waals surface area (Å²) in [5, 5.41) is 2.75. The van der Waals surface area contributed by atoms with E-state index < -0.39 is 21.5 Å². The summed E-state index contributed by atoms with van der Waals surface area (Å²) in [6.07, 6.45) is 1.59. The van der Waals surface area contributed by atoms with Gasteiger partial charge in [0.15, 0.2) is 9.84 Å². The molecule has 0 radical (unpaired) electrons. The lowest BCUT2D eigenvalue weighted by atomic mass is 10.0. The molecule has 106 valence electrons. The lowest BCUT2D eigenvalue weighted by Crippen LogP contribution is -2.25. The first-order valence-corrected chi connectivity index (χ1v) is 8.36. The van der Waals surface area contributed by atoms with Crippen LogP contribution in [0.5, 0.6) is 0 Å². The third-order valence-electron chi connectivity index (χ3n) is 3.05. The van der Waals surface area contributed by atoms with Gasteiger partial charge in [0.05, 0.1) is 0 Å². The molecular weight excluding hydrogens is 262 g/mol. The zero-order valence-electron chi connectivity index (χ0n) is 11.7. The fourth-order valence-corrected chi connectivity index (χ4v) is 2.56. The van der Waals surface area contributed by atoms with Crippen molar-refractivity contribution in [2.75, 3.05) is 16.8 Å². The Kier molecular flexibility index (Phi) is 5.54. The first kappa shape index (κ1) is 15.7. The number of aryl methyl sites for hydroxylation is 2. The highest BCUT2D eigenvalue weighted by Crippen LogP contribution is 2.22. The van der Waals surface area contributed by atoms with Gasteiger partial charge in [0.25, 0.3) is 0 Å². The Morgan fingerprint density at radius 1 is 1.11 bits per heavy atom. The first-order chi connectivity index (χ1) is 8.93. The number of carbonyl (C=O) groups is 1. The van der Waals surface area contributed by atoms with Crippen molar-refractivity contribution < 1.29 is 13.2 Å². The number of para-hydroxylation sites is 1. The lowest BCUT2D eigenvalue weighted by Gasteiger charge is -2.14. The molecule has 0 heterocycles. The predicted molar refractivity (Wildman–Crippen MR) is 78.2 cm³/mol. The summed E-state index contributed by atoms with van der Waals surface area (Å²) in [6.45, 7) is 5.56. The Labute approximate surface area is 115 Å². The molecule has 0 atom stereocenters. The molecule has 1 aromatic carbocycles. The van der Waals surface area contributed by atoms with Crippen LogP contribution in [0.1, 0.15) is 31.9 Å². The van der Waals surface area contributed by atoms with Crippen LogP contribution in [0.4, 0.5) is 5.69 Å². The third-order valence-corrected chi connectivity index (χ3v) is 4.64. The van der Waals surface area contributed by atoms with Gasteiger partial charge in [-0.05, 0) is 24.0 Å². The van der Waals surface area contributed by atoms with E-state index in [4.69, 9.17) is 0 Å². The van der Waals surface area contributed by atoms with Gasteiger partial charge in [0.1, 0.15) is 5.75 Å². The standard InChI is InChI=1S/C14H21NO3S/c1-4-11-8-7-9-12(5-2)14(11)15-13(16)10-19(17,18)6-3/h7-9H,4-6,10H2,1-3H3,(H,15,16). The molecule has 19 heavy (non-hydrogen) atoms. The van der Waals surface area contributed by atoms with Crippen LogP contribution in [0.25, 0.3) is 0 Å². The molecule has 0 aliphatic carbocycles. The Balaban J connectivity index is 2.96. The third kappa shape index (κ3) is 4.35. The lowest BCUT2D eigenvalue weighted by molar-refractivity contribution is -0.113. The van der Waals surface area contributed by atoms with Crippen LogP contribution in [0.2, 0.25) is 0 Å². The van der Waals surface area contributed by atoms with E-state index >= 15 is 0 Å². The van der Waals surface area contributed by atoms with Crippen LogP contribution in [0.15, 0.2) is 18.2 Å². The molecule has 1 N–H and O–H groups in total. The van der Waals surface area contributed by atoms with E-state index in [1.165, 1.54) is 0 Å². The van der Waals surface area contributed by atoms with E-state index in [2.05, 4.69) is 5.32 Å². The van der Waals surface area contributed by atoms with Crippen molar-refractivity contribution >= 4 is 21.4 Å². The first-order valence-electron chi connectivity index (χ1n) is 6.54. The highest BCUT2D eigenvalue weighted by atomic mass is 32.2. The normalized spacial score (nSPS) is 11.3. The molecule has 0 spiro atoms. The topological polar surface area (TPSA) is 63.2 Å². The molecule has 5 heteroatoms. The molecule has 0 saturated heterocycles. The number of amides is 1. The quantitative estimate of drug-likeness (QED) is 0.870. The minimum absolute atomic E-state index is 0.0174. The average molecular weight is 283 g/mol. The van der Waals surface area contributed by atoms with Crippen LogP contribution < -0.4 is 5.32 Å². The molecule has 1 aromatic rings. The molecule has 0 aliphatic rings. The maximum absolute atomic E-state index is 11.8. The highest BCUT2D eigenvalue weighted by molar-refractivity contribution is 7.92. The number of hydrogen-bond donors (Lipinski definition) is 1. The van der Waals surface area contributed by atoms with Crippen LogP contribution >= 0.6 is 0 Å². The van der Waals surface area contributed by atoms with Crippen molar-refractivity contribution in [1.82, 2.24) is 0 Å². The minimum atomic E-state index is -3.29. The zero-order valence-corrected chi connectivity index (χ0v) is 12.5. The molecule has 0 unspecified atom stereocenters. The Morgan fingerprint density at radius 3 is 2.05 bits per heavy atom. The number of benzene rings is 1. The molecule has 0 aliphatic heterocycles. The number of rotatable bonds is 6. The van der Waals surface area contributed by atoms with E-state index in [-0.39, 0.29) is 5.75 Å². The van der Waals surface area contributed by atoms with Crippen LogP contribution in [-0.4, -0.2) is 25.8 Å². The summed E-state index contributed by atoms with van der Waals surface area (Å²) in [5.41, 5.74) is 2.83. The Morgan fingerprint density at radius 2 is 1.63 bits per heavy atom. The van der Waals surface area contributed by atoms with Crippen molar-refractivity contribution in [3.63, 3.8) is 0 Å². The van der Waals surface area contributed by atoms with E-state index in [1.54, 1.807) is 6.92 Å². The van der Waals surface area contributed by atoms with Crippen molar-refractivity contribution in [3.8, 4) is 0 Å². The van der Waals surface area contributed by atoms with E-state index in [1.807, 2.05) is 32.0 Å². The summed E-state index contributed by atoms with van der Waals surface area (Å²) in [5.74, 6) is -0.932. The summed E-state index contributed by atoms with van der Waals surface area (Å²) in [7, 11) is -3.29. The van der Waals surface area contributed by atoms with E-state index in [0.717, 1.165) is 29.7 Å². The second-order valence-corrected chi connectivity index (χ2v) is 6.74. The number of anilines is 1. The second-order valence-electron chi connectivity index (χ2n) is 4.38. The Bertz CT molecular complexity index is 528. The number of carbonyl (C=O) groups excluding carboxylic acids is 1. The van der Waals surface area contributed by atoms with Crippen LogP contribution in [0, 0.1) is 0 Å². The number of nitrogens with one attached hydrogen (secondary N) is 1. The zero-order chi connectivity index (χ0) is 14.5. The molecule has 0 saturated carbocycles. The molecule has 0 fully saturated rings. The molecular formula is C14H21NO3S. The van der Waals surface area contributed by atoms with Gasteiger partial charge in [0, 0.05) is 11.4 Å². The molecule has 0 bridgehead atoms. The fraction of sp³-hybridized carbons (Fsp3) is 0.500. The number of sulfone groups is 1. The largest absolute Gasteiger partial charge is 0.325 e. The maximum Gasteiger partial charge on any atom is 0.239 e. The van der Waals surface area contributed by atoms with Gasteiger partial charge in [-0.3, -0.25) is 4.79 Å². The summed E-state index contributed by atoms with van der Waals surface area (Å²) in [6, 6.07) is 5.85. The van der Waals surface area contributed by atoms with Crippen molar-refractivity contribution in [2.24, 2.45) is 0 Å². The van der Waals surface area contributed by atoms with Gasteiger partial charge in [-0.15, -0.1) is 0 Å². The van der Waals surface area contributed by atoms with Gasteiger partial charge < -0.3 is 5.32 Å². The minimum Gasteiger partial charge on any atom is -0.325 e. The van der Waals surface area contributed by atoms with Gasteiger partial charge in [-0.2, -0.15) is 0 Å². The van der Waals surface area contributed by atoms with Gasteiger partial charge in [0.2, 0.25) is 5.91 Å². The van der Waals surface area contributed by atoms with Gasteiger partial charge >= 0.3 is 0 Å². The van der Waals surface area contributed by atoms with E-state index in [0.29, 0.717) is 0 Å². The second kappa shape index (κ2) is 6.70. The summed E-state index contributed by atoms with van der Waals surface area (Å²) < 4.78 is 22.9. The number of hydrogen-bond acceptors (Lipinski definition) is 3. The average Bonchev–Trinajstić information content (AvgIpc) is 2.38. The van der Waals surface area contributed by atoms with E-state index in [9.17, 15) is 13.2 Å². The van der Waals surface area contributed by atoms with Crippen LogP contribution in [-0.2, 0) is 27.5 Å². The fourth-order valence-electron chi connectivity index (χ4n) is 1.88. The van der Waals surface area contributed by atoms with Crippen molar-refractivity contribution in [2.45, 2.75) is 33.6 Å². The van der Waals surface area contributed by atoms with Gasteiger partial charge in [-0.25, -0.2) is 8.42 Å². The smallest absolute Gasteiger partial charge is 0.239 e. The molecule has 1 amide bonds. The monoisotopic (exact) mass is 283 g/mol. The molecule has 1 rings (SSSR count). The van der Waals surface area contributed by atoms with Crippen molar-refractivity contribution in [3.05, 3.63) is 29.3 Å². The van der Waals surface area contributed by atoms with Crippen molar-refractivity contribution in [1.29, 1.82) is 0 Å². The highest BCUT2D eigenvalue weighted by Gasteiger charge is 2.16. The summed E-state index contributed by atoms with van der Waals surface area (Å²) in [4.78, 5) is 11.8. The predicted octanol–water partition coefficient (Wildman–Crippen LogP) is 2.18. The van der Waals surface area contributed by atoms with Crippen LogP contribution in [0.3, 0.4) is 0 Å².